The molecule has 4 heteroatoms. The molecule has 0 aromatic heterocycles. The molecule has 1 fully saturated rings. The normalized spacial score (nSPS) is 20.2. The van der Waals surface area contributed by atoms with Crippen LogP contribution in [0.25, 0.3) is 0 Å². The van der Waals surface area contributed by atoms with Gasteiger partial charge in [0.2, 0.25) is 0 Å². The van der Waals surface area contributed by atoms with E-state index in [1.54, 1.807) is 0 Å². The Bertz CT molecular complexity index is 225. The first kappa shape index (κ1) is 14.5. The summed E-state index contributed by atoms with van der Waals surface area (Å²) in [6, 6.07) is 0. The van der Waals surface area contributed by atoms with E-state index in [4.69, 9.17) is 4.74 Å². The molecule has 100 valence electrons. The number of methoxy groups -OCH3 is 1. The van der Waals surface area contributed by atoms with Gasteiger partial charge in [-0.25, -0.2) is 0 Å². The number of hydrogen-bond acceptors (Lipinski definition) is 4. The van der Waals surface area contributed by atoms with E-state index in [0.29, 0.717) is 0 Å². The van der Waals surface area contributed by atoms with Gasteiger partial charge in [0.15, 0.2) is 0 Å². The van der Waals surface area contributed by atoms with Gasteiger partial charge in [-0.2, -0.15) is 0 Å². The summed E-state index contributed by atoms with van der Waals surface area (Å²) in [5, 5.41) is 3.38. The zero-order valence-corrected chi connectivity index (χ0v) is 11.4. The third-order valence-electron chi connectivity index (χ3n) is 3.64. The number of likely N-dealkylation sites (tertiary alicyclic amines) is 1. The Labute approximate surface area is 105 Å². The van der Waals surface area contributed by atoms with Crippen LogP contribution in [-0.4, -0.2) is 50.7 Å². The Morgan fingerprint density at radius 1 is 1.47 bits per heavy atom. The molecule has 1 heterocycles. The Morgan fingerprint density at radius 3 is 2.65 bits per heavy atom. The molecular formula is C13H26N2O2. The first-order valence-corrected chi connectivity index (χ1v) is 6.68. The Hall–Kier alpha value is -0.610. The SMILES string of the molecule is CCN1CCC(CNCC(C)C(=O)OC)CC1. The van der Waals surface area contributed by atoms with Crippen LogP contribution in [0.3, 0.4) is 0 Å². The van der Waals surface area contributed by atoms with Gasteiger partial charge in [0.25, 0.3) is 0 Å². The highest BCUT2D eigenvalue weighted by Crippen LogP contribution is 2.15. The van der Waals surface area contributed by atoms with Crippen LogP contribution in [0.5, 0.6) is 0 Å². The number of ether oxygens (including phenoxy) is 1. The van der Waals surface area contributed by atoms with Gasteiger partial charge in [-0.15, -0.1) is 0 Å². The van der Waals surface area contributed by atoms with Crippen molar-refractivity contribution in [3.63, 3.8) is 0 Å². The highest BCUT2D eigenvalue weighted by Gasteiger charge is 2.18. The summed E-state index contributed by atoms with van der Waals surface area (Å²) < 4.78 is 4.70. The molecule has 4 nitrogen and oxygen atoms in total. The second-order valence-electron chi connectivity index (χ2n) is 4.96. The quantitative estimate of drug-likeness (QED) is 0.709. The number of rotatable bonds is 6. The van der Waals surface area contributed by atoms with Gasteiger partial charge in [-0.05, 0) is 44.9 Å². The van der Waals surface area contributed by atoms with E-state index >= 15 is 0 Å². The highest BCUT2D eigenvalue weighted by molar-refractivity contribution is 5.71. The third kappa shape index (κ3) is 5.04. The molecule has 1 atom stereocenters. The minimum atomic E-state index is -0.127. The van der Waals surface area contributed by atoms with Crippen molar-refractivity contribution in [1.29, 1.82) is 0 Å². The zero-order chi connectivity index (χ0) is 12.7. The van der Waals surface area contributed by atoms with Crippen LogP contribution in [0.1, 0.15) is 26.7 Å². The van der Waals surface area contributed by atoms with Gasteiger partial charge in [-0.3, -0.25) is 4.79 Å². The fourth-order valence-corrected chi connectivity index (χ4v) is 2.30. The molecule has 17 heavy (non-hydrogen) atoms. The summed E-state index contributed by atoms with van der Waals surface area (Å²) in [7, 11) is 1.44. The fourth-order valence-electron chi connectivity index (χ4n) is 2.30. The summed E-state index contributed by atoms with van der Waals surface area (Å²) in [6.07, 6.45) is 2.54. The minimum Gasteiger partial charge on any atom is -0.469 e. The lowest BCUT2D eigenvalue weighted by Gasteiger charge is -2.31. The minimum absolute atomic E-state index is 0.0456. The molecule has 0 spiro atoms. The van der Waals surface area contributed by atoms with Gasteiger partial charge in [0, 0.05) is 6.54 Å². The maximum absolute atomic E-state index is 11.2. The first-order valence-electron chi connectivity index (χ1n) is 6.68. The predicted molar refractivity (Wildman–Crippen MR) is 68.9 cm³/mol. The van der Waals surface area contributed by atoms with Crippen LogP contribution in [0.2, 0.25) is 0 Å². The Kier molecular flexibility index (Phi) is 6.52. The van der Waals surface area contributed by atoms with Crippen molar-refractivity contribution in [2.45, 2.75) is 26.7 Å². The summed E-state index contributed by atoms with van der Waals surface area (Å²) in [6.45, 7) is 9.47. The lowest BCUT2D eigenvalue weighted by molar-refractivity contribution is -0.144. The van der Waals surface area contributed by atoms with Crippen LogP contribution in [-0.2, 0) is 9.53 Å². The largest absolute Gasteiger partial charge is 0.469 e. The standard InChI is InChI=1S/C13H26N2O2/c1-4-15-7-5-12(6-8-15)10-14-9-11(2)13(16)17-3/h11-12,14H,4-10H2,1-3H3. The molecule has 0 aromatic rings. The predicted octanol–water partition coefficient (Wildman–Crippen LogP) is 1.12. The maximum atomic E-state index is 11.2. The molecule has 1 saturated heterocycles. The molecule has 0 amide bonds. The summed E-state index contributed by atoms with van der Waals surface area (Å²) >= 11 is 0. The zero-order valence-electron chi connectivity index (χ0n) is 11.4. The molecular weight excluding hydrogens is 216 g/mol. The number of esters is 1. The van der Waals surface area contributed by atoms with E-state index in [9.17, 15) is 4.79 Å². The van der Waals surface area contributed by atoms with Crippen molar-refractivity contribution in [2.24, 2.45) is 11.8 Å². The number of nitrogens with one attached hydrogen (secondary N) is 1. The average Bonchev–Trinajstić information content (AvgIpc) is 2.38. The number of hydrogen-bond donors (Lipinski definition) is 1. The van der Waals surface area contributed by atoms with Crippen LogP contribution >= 0.6 is 0 Å². The van der Waals surface area contributed by atoms with Gasteiger partial charge in [-0.1, -0.05) is 13.8 Å². The topological polar surface area (TPSA) is 41.6 Å². The number of nitrogens with zero attached hydrogens (tertiary/aromatic N) is 1. The van der Waals surface area contributed by atoms with Crippen molar-refractivity contribution >= 4 is 5.97 Å². The van der Waals surface area contributed by atoms with Gasteiger partial charge >= 0.3 is 5.97 Å². The molecule has 1 unspecified atom stereocenters. The monoisotopic (exact) mass is 242 g/mol. The van der Waals surface area contributed by atoms with Gasteiger partial charge < -0.3 is 15.0 Å². The second kappa shape index (κ2) is 7.67. The highest BCUT2D eigenvalue weighted by atomic mass is 16.5. The smallest absolute Gasteiger partial charge is 0.309 e. The van der Waals surface area contributed by atoms with E-state index in [2.05, 4.69) is 17.1 Å². The van der Waals surface area contributed by atoms with E-state index in [1.165, 1.54) is 39.6 Å². The third-order valence-corrected chi connectivity index (χ3v) is 3.64. The molecule has 1 rings (SSSR count). The lowest BCUT2D eigenvalue weighted by atomic mass is 9.96. The van der Waals surface area contributed by atoms with E-state index in [-0.39, 0.29) is 11.9 Å². The van der Waals surface area contributed by atoms with Crippen LogP contribution in [0.4, 0.5) is 0 Å². The second-order valence-corrected chi connectivity index (χ2v) is 4.96. The van der Waals surface area contributed by atoms with Gasteiger partial charge in [0.05, 0.1) is 13.0 Å². The Balaban J connectivity index is 2.09. The van der Waals surface area contributed by atoms with Crippen LogP contribution < -0.4 is 5.32 Å². The summed E-state index contributed by atoms with van der Waals surface area (Å²) in [4.78, 5) is 13.7. The number of carbonyl (C=O) groups excluding carboxylic acids is 1. The number of piperidine rings is 1. The molecule has 1 aliphatic heterocycles. The molecule has 0 saturated carbocycles. The fraction of sp³-hybridized carbons (Fsp3) is 0.923. The van der Waals surface area contributed by atoms with E-state index in [1.807, 2.05) is 6.92 Å². The van der Waals surface area contributed by atoms with Crippen LogP contribution in [0, 0.1) is 11.8 Å². The number of carbonyl (C=O) groups is 1. The van der Waals surface area contributed by atoms with Crippen molar-refractivity contribution < 1.29 is 9.53 Å². The van der Waals surface area contributed by atoms with Crippen molar-refractivity contribution in [1.82, 2.24) is 10.2 Å². The summed E-state index contributed by atoms with van der Waals surface area (Å²) in [5.41, 5.74) is 0. The van der Waals surface area contributed by atoms with E-state index in [0.717, 1.165) is 19.0 Å². The van der Waals surface area contributed by atoms with Crippen molar-refractivity contribution in [3.8, 4) is 0 Å². The molecule has 0 aliphatic carbocycles. The maximum Gasteiger partial charge on any atom is 0.309 e. The molecule has 0 radical (unpaired) electrons. The Morgan fingerprint density at radius 2 is 2.12 bits per heavy atom. The first-order chi connectivity index (χ1) is 8.17. The van der Waals surface area contributed by atoms with Gasteiger partial charge in [0.1, 0.15) is 0 Å². The molecule has 0 aromatic carbocycles. The average molecular weight is 242 g/mol. The van der Waals surface area contributed by atoms with Crippen molar-refractivity contribution in [3.05, 3.63) is 0 Å². The lowest BCUT2D eigenvalue weighted by Crippen LogP contribution is -2.38. The molecule has 0 bridgehead atoms. The van der Waals surface area contributed by atoms with E-state index < -0.39 is 0 Å². The summed E-state index contributed by atoms with van der Waals surface area (Å²) in [5.74, 6) is 0.594. The van der Waals surface area contributed by atoms with Crippen LogP contribution in [0.15, 0.2) is 0 Å². The molecule has 1 aliphatic rings. The van der Waals surface area contributed by atoms with Crippen molar-refractivity contribution in [2.75, 3.05) is 39.8 Å². The molecule has 1 N–H and O–H groups in total.